The van der Waals surface area contributed by atoms with Gasteiger partial charge >= 0.3 is 12.0 Å². The fourth-order valence-corrected chi connectivity index (χ4v) is 2.33. The van der Waals surface area contributed by atoms with Crippen molar-refractivity contribution in [3.05, 3.63) is 0 Å². The van der Waals surface area contributed by atoms with Crippen LogP contribution in [0, 0.1) is 11.8 Å². The molecule has 0 aromatic heterocycles. The van der Waals surface area contributed by atoms with Gasteiger partial charge in [-0.05, 0) is 18.8 Å². The zero-order valence-electron chi connectivity index (χ0n) is 12.0. The van der Waals surface area contributed by atoms with Gasteiger partial charge in [0.05, 0.1) is 12.3 Å². The van der Waals surface area contributed by atoms with E-state index in [-0.39, 0.29) is 24.2 Å². The van der Waals surface area contributed by atoms with Crippen molar-refractivity contribution in [3.8, 4) is 0 Å². The summed E-state index contributed by atoms with van der Waals surface area (Å²) in [5, 5.41) is 11.6. The Kier molecular flexibility index (Phi) is 5.79. The lowest BCUT2D eigenvalue weighted by atomic mass is 9.95. The molecular weight excluding hydrogens is 262 g/mol. The molecule has 0 aromatic rings. The summed E-state index contributed by atoms with van der Waals surface area (Å²) in [6, 6.07) is -0.919. The lowest BCUT2D eigenvalue weighted by Gasteiger charge is -2.32. The molecule has 2 atom stereocenters. The number of hydrogen-bond donors (Lipinski definition) is 3. The molecule has 1 aliphatic heterocycles. The molecule has 7 nitrogen and oxygen atoms in total. The molecule has 1 fully saturated rings. The minimum Gasteiger partial charge on any atom is -0.481 e. The molecule has 3 amide bonds. The molecule has 0 spiro atoms. The molecule has 1 saturated heterocycles. The molecule has 4 N–H and O–H groups in total. The van der Waals surface area contributed by atoms with Crippen LogP contribution in [-0.2, 0) is 9.59 Å². The summed E-state index contributed by atoms with van der Waals surface area (Å²) in [5.74, 6) is -1.42. The number of nitrogens with two attached hydrogens (primary N) is 1. The van der Waals surface area contributed by atoms with Crippen LogP contribution < -0.4 is 11.1 Å². The van der Waals surface area contributed by atoms with Gasteiger partial charge < -0.3 is 21.1 Å². The highest BCUT2D eigenvalue weighted by atomic mass is 16.4. The summed E-state index contributed by atoms with van der Waals surface area (Å²) in [6.07, 6.45) is 1.31. The average molecular weight is 285 g/mol. The largest absolute Gasteiger partial charge is 0.481 e. The first-order valence-corrected chi connectivity index (χ1v) is 6.87. The highest BCUT2D eigenvalue weighted by Crippen LogP contribution is 2.17. The van der Waals surface area contributed by atoms with Crippen molar-refractivity contribution < 1.29 is 19.5 Å². The number of carboxylic acid groups (broad SMARTS) is 1. The Morgan fingerprint density at radius 3 is 2.55 bits per heavy atom. The maximum absolute atomic E-state index is 12.2. The number of rotatable bonds is 5. The number of nitrogens with zero attached hydrogens (tertiary/aromatic N) is 1. The number of aliphatic carboxylic acids is 1. The Morgan fingerprint density at radius 2 is 2.05 bits per heavy atom. The lowest BCUT2D eigenvalue weighted by molar-refractivity contribution is -0.138. The van der Waals surface area contributed by atoms with Gasteiger partial charge in [-0.3, -0.25) is 9.59 Å². The third kappa shape index (κ3) is 4.71. The third-order valence-corrected chi connectivity index (χ3v) is 3.63. The number of carbonyl (C=O) groups excluding carboxylic acids is 2. The maximum Gasteiger partial charge on any atom is 0.314 e. The van der Waals surface area contributed by atoms with Crippen molar-refractivity contribution in [2.45, 2.75) is 39.2 Å². The number of carbonyl (C=O) groups is 3. The van der Waals surface area contributed by atoms with Crippen LogP contribution in [0.1, 0.15) is 33.1 Å². The molecule has 0 radical (unpaired) electrons. The summed E-state index contributed by atoms with van der Waals surface area (Å²) < 4.78 is 0. The number of piperidine rings is 1. The van der Waals surface area contributed by atoms with E-state index in [4.69, 9.17) is 10.8 Å². The van der Waals surface area contributed by atoms with Gasteiger partial charge in [-0.25, -0.2) is 4.79 Å². The quantitative estimate of drug-likeness (QED) is 0.678. The number of primary amides is 1. The molecule has 1 aliphatic rings. The van der Waals surface area contributed by atoms with Crippen LogP contribution >= 0.6 is 0 Å². The highest BCUT2D eigenvalue weighted by molar-refractivity contribution is 5.81. The molecule has 7 heteroatoms. The van der Waals surface area contributed by atoms with Crippen molar-refractivity contribution in [3.63, 3.8) is 0 Å². The Morgan fingerprint density at radius 1 is 1.40 bits per heavy atom. The predicted octanol–water partition coefficient (Wildman–Crippen LogP) is 0.393. The number of urea groups is 1. The molecule has 1 rings (SSSR count). The summed E-state index contributed by atoms with van der Waals surface area (Å²) in [6.45, 7) is 4.61. The van der Waals surface area contributed by atoms with E-state index in [9.17, 15) is 14.4 Å². The minimum atomic E-state index is -0.939. The van der Waals surface area contributed by atoms with Gasteiger partial charge in [0.1, 0.15) is 0 Å². The minimum absolute atomic E-state index is 0.0332. The Hall–Kier alpha value is -1.79. The smallest absolute Gasteiger partial charge is 0.314 e. The fraction of sp³-hybridized carbons (Fsp3) is 0.769. The first kappa shape index (κ1) is 16.3. The second kappa shape index (κ2) is 7.12. The Labute approximate surface area is 118 Å². The molecule has 114 valence electrons. The molecule has 20 heavy (non-hydrogen) atoms. The van der Waals surface area contributed by atoms with Gasteiger partial charge in [0, 0.05) is 19.1 Å². The first-order valence-electron chi connectivity index (χ1n) is 6.87. The molecule has 0 bridgehead atoms. The molecule has 0 aromatic carbocycles. The monoisotopic (exact) mass is 285 g/mol. The first-order chi connectivity index (χ1) is 9.31. The van der Waals surface area contributed by atoms with Gasteiger partial charge in [0.2, 0.25) is 5.91 Å². The van der Waals surface area contributed by atoms with Crippen molar-refractivity contribution in [1.29, 1.82) is 0 Å². The van der Waals surface area contributed by atoms with Crippen LogP contribution in [0.4, 0.5) is 4.79 Å². The average Bonchev–Trinajstić information content (AvgIpc) is 2.37. The van der Waals surface area contributed by atoms with Gasteiger partial charge in [0.25, 0.3) is 0 Å². The van der Waals surface area contributed by atoms with Gasteiger partial charge in [0.15, 0.2) is 0 Å². The van der Waals surface area contributed by atoms with Crippen LogP contribution in [-0.4, -0.2) is 47.0 Å². The number of nitrogens with one attached hydrogen (secondary N) is 1. The van der Waals surface area contributed by atoms with E-state index in [1.807, 2.05) is 13.8 Å². The fourth-order valence-electron chi connectivity index (χ4n) is 2.33. The van der Waals surface area contributed by atoms with Crippen LogP contribution in [0.3, 0.4) is 0 Å². The van der Waals surface area contributed by atoms with Crippen molar-refractivity contribution in [1.82, 2.24) is 10.2 Å². The summed E-state index contributed by atoms with van der Waals surface area (Å²) in [7, 11) is 0. The highest BCUT2D eigenvalue weighted by Gasteiger charge is 2.29. The van der Waals surface area contributed by atoms with Crippen molar-refractivity contribution in [2.24, 2.45) is 17.6 Å². The zero-order valence-corrected chi connectivity index (χ0v) is 12.0. The topological polar surface area (TPSA) is 113 Å². The molecular formula is C13H23N3O4. The summed E-state index contributed by atoms with van der Waals surface area (Å²) in [4.78, 5) is 35.6. The van der Waals surface area contributed by atoms with Crippen LogP contribution in [0.2, 0.25) is 0 Å². The second-order valence-corrected chi connectivity index (χ2v) is 5.58. The van der Waals surface area contributed by atoms with E-state index in [2.05, 4.69) is 5.32 Å². The molecule has 0 aliphatic carbocycles. The third-order valence-electron chi connectivity index (χ3n) is 3.63. The van der Waals surface area contributed by atoms with E-state index < -0.39 is 18.0 Å². The second-order valence-electron chi connectivity index (χ2n) is 5.58. The van der Waals surface area contributed by atoms with E-state index in [0.29, 0.717) is 19.5 Å². The van der Waals surface area contributed by atoms with E-state index >= 15 is 0 Å². The molecule has 0 saturated carbocycles. The summed E-state index contributed by atoms with van der Waals surface area (Å²) in [5.41, 5.74) is 5.22. The van der Waals surface area contributed by atoms with Gasteiger partial charge in [-0.2, -0.15) is 0 Å². The Bertz CT molecular complexity index is 384. The molecule has 2 unspecified atom stereocenters. The lowest BCUT2D eigenvalue weighted by Crippen LogP contribution is -2.50. The van der Waals surface area contributed by atoms with E-state index in [1.54, 1.807) is 0 Å². The maximum atomic E-state index is 12.2. The van der Waals surface area contributed by atoms with E-state index in [1.165, 1.54) is 4.90 Å². The SMILES string of the molecule is CC(C)C(CC(=O)O)NC(=O)C1CCCN(C(N)=O)C1. The van der Waals surface area contributed by atoms with Crippen molar-refractivity contribution in [2.75, 3.05) is 13.1 Å². The predicted molar refractivity (Wildman–Crippen MR) is 72.9 cm³/mol. The number of amides is 3. The Balaban J connectivity index is 2.59. The standard InChI is InChI=1S/C13H23N3O4/c1-8(2)10(6-11(17)18)15-12(19)9-4-3-5-16(7-9)13(14)20/h8-10H,3-7H2,1-2H3,(H2,14,20)(H,15,19)(H,17,18). The normalized spacial score (nSPS) is 20.6. The van der Waals surface area contributed by atoms with Crippen LogP contribution in [0.5, 0.6) is 0 Å². The number of hydrogen-bond acceptors (Lipinski definition) is 3. The van der Waals surface area contributed by atoms with Crippen molar-refractivity contribution >= 4 is 17.9 Å². The number of carboxylic acids is 1. The number of likely N-dealkylation sites (tertiary alicyclic amines) is 1. The van der Waals surface area contributed by atoms with Gasteiger partial charge in [-0.15, -0.1) is 0 Å². The zero-order chi connectivity index (χ0) is 15.3. The van der Waals surface area contributed by atoms with Crippen LogP contribution in [0.25, 0.3) is 0 Å². The molecule has 1 heterocycles. The van der Waals surface area contributed by atoms with Crippen LogP contribution in [0.15, 0.2) is 0 Å². The van der Waals surface area contributed by atoms with E-state index in [0.717, 1.165) is 6.42 Å². The summed E-state index contributed by atoms with van der Waals surface area (Å²) >= 11 is 0. The van der Waals surface area contributed by atoms with Gasteiger partial charge in [-0.1, -0.05) is 13.8 Å².